The number of anilines is 1. The van der Waals surface area contributed by atoms with Gasteiger partial charge in [-0.25, -0.2) is 22.5 Å². The van der Waals surface area contributed by atoms with Crippen LogP contribution in [0.4, 0.5) is 36.4 Å². The van der Waals surface area contributed by atoms with Gasteiger partial charge in [-0.05, 0) is 24.1 Å². The van der Waals surface area contributed by atoms with E-state index < -0.39 is 52.6 Å². The number of rotatable bonds is 4. The first-order valence-electron chi connectivity index (χ1n) is 7.03. The topological polar surface area (TPSA) is 68.0 Å². The molecule has 1 aromatic heterocycles. The third-order valence-corrected chi connectivity index (χ3v) is 3.59. The second-order valence-corrected chi connectivity index (χ2v) is 5.68. The Morgan fingerprint density at radius 2 is 1.70 bits per heavy atom. The van der Waals surface area contributed by atoms with Crippen LogP contribution in [0.3, 0.4) is 0 Å². The summed E-state index contributed by atoms with van der Waals surface area (Å²) in [6.07, 6.45) is -4.60. The third kappa shape index (κ3) is 4.48. The van der Waals surface area contributed by atoms with Gasteiger partial charge in [0.15, 0.2) is 23.3 Å². The number of hydrogen-bond donors (Lipinski definition) is 2. The zero-order chi connectivity index (χ0) is 20.5. The molecule has 0 fully saturated rings. The van der Waals surface area contributed by atoms with Crippen molar-refractivity contribution in [3.8, 4) is 0 Å². The summed E-state index contributed by atoms with van der Waals surface area (Å²) in [4.78, 5) is 15.6. The van der Waals surface area contributed by atoms with E-state index in [-0.39, 0.29) is 11.6 Å². The van der Waals surface area contributed by atoms with Gasteiger partial charge in [0.05, 0.1) is 6.04 Å². The van der Waals surface area contributed by atoms with E-state index in [2.05, 4.69) is 4.98 Å². The Morgan fingerprint density at radius 3 is 2.19 bits per heavy atom. The lowest BCUT2D eigenvalue weighted by atomic mass is 10.1. The Hall–Kier alpha value is -2.40. The van der Waals surface area contributed by atoms with Crippen LogP contribution in [0, 0.1) is 23.3 Å². The van der Waals surface area contributed by atoms with E-state index in [0.29, 0.717) is 5.56 Å². The molecular weight excluding hydrogens is 407 g/mol. The number of halogens is 8. The van der Waals surface area contributed by atoms with Gasteiger partial charge in [-0.1, -0.05) is 11.6 Å². The number of alkyl halides is 3. The van der Waals surface area contributed by atoms with Gasteiger partial charge in [-0.3, -0.25) is 4.79 Å². The predicted molar refractivity (Wildman–Crippen MR) is 80.8 cm³/mol. The fourth-order valence-electron chi connectivity index (χ4n) is 2.12. The first kappa shape index (κ1) is 20.9. The van der Waals surface area contributed by atoms with Crippen molar-refractivity contribution < 1.29 is 35.5 Å². The molecule has 1 aromatic carbocycles. The van der Waals surface area contributed by atoms with Crippen LogP contribution in [0.1, 0.15) is 11.1 Å². The molecule has 2 aromatic rings. The minimum Gasteiger partial charge on any atom is -0.320 e. The second-order valence-electron chi connectivity index (χ2n) is 5.29. The molecule has 0 aliphatic heterocycles. The Kier molecular flexibility index (Phi) is 5.95. The molecule has 0 aliphatic carbocycles. The molecule has 2 rings (SSSR count). The number of benzene rings is 1. The fraction of sp³-hybridized carbons (Fsp3) is 0.200. The van der Waals surface area contributed by atoms with Crippen molar-refractivity contribution in [2.45, 2.75) is 18.6 Å². The van der Waals surface area contributed by atoms with Crippen LogP contribution in [0.15, 0.2) is 18.3 Å². The molecule has 4 nitrogen and oxygen atoms in total. The van der Waals surface area contributed by atoms with Crippen LogP contribution >= 0.6 is 11.6 Å². The predicted octanol–water partition coefficient (Wildman–Crippen LogP) is 3.82. The summed E-state index contributed by atoms with van der Waals surface area (Å²) in [5.74, 6) is -11.5. The molecule has 3 N–H and O–H groups in total. The fourth-order valence-corrected chi connectivity index (χ4v) is 2.32. The highest BCUT2D eigenvalue weighted by molar-refractivity contribution is 6.29. The minimum atomic E-state index is -5.69. The highest BCUT2D eigenvalue weighted by atomic mass is 35.5. The molecular formula is C15H9ClF7N3O. The highest BCUT2D eigenvalue weighted by Gasteiger charge is 2.42. The van der Waals surface area contributed by atoms with E-state index in [1.807, 2.05) is 0 Å². The molecule has 0 aliphatic rings. The van der Waals surface area contributed by atoms with Crippen LogP contribution in [0.25, 0.3) is 0 Å². The maximum Gasteiger partial charge on any atom is 0.422 e. The van der Waals surface area contributed by atoms with E-state index in [1.165, 1.54) is 23.6 Å². The van der Waals surface area contributed by atoms with Crippen molar-refractivity contribution in [1.82, 2.24) is 4.98 Å². The Labute approximate surface area is 152 Å². The summed E-state index contributed by atoms with van der Waals surface area (Å²) < 4.78 is 92.2. The van der Waals surface area contributed by atoms with Crippen molar-refractivity contribution in [3.63, 3.8) is 0 Å². The summed E-state index contributed by atoms with van der Waals surface area (Å²) >= 11 is 5.64. The average molecular weight is 416 g/mol. The summed E-state index contributed by atoms with van der Waals surface area (Å²) in [5.41, 5.74) is 1.48. The molecule has 0 bridgehead atoms. The standard InChI is InChI=1S/C15H9ClF7N3O/c16-7-4-5(1-2-25-7)3-6(24)14(27)26-13-11(19)9(17)8(15(21,22)23)10(18)12(13)20/h1-2,4,6H,3,24H2,(H,26,27)/t6-/m0/s1. The molecule has 1 atom stereocenters. The van der Waals surface area contributed by atoms with Gasteiger partial charge < -0.3 is 11.1 Å². The van der Waals surface area contributed by atoms with Gasteiger partial charge in [0.1, 0.15) is 16.4 Å². The molecule has 0 spiro atoms. The summed E-state index contributed by atoms with van der Waals surface area (Å²) in [6, 6.07) is 1.31. The number of nitrogens with two attached hydrogens (primary N) is 1. The molecule has 0 unspecified atom stereocenters. The first-order chi connectivity index (χ1) is 12.4. The third-order valence-electron chi connectivity index (χ3n) is 3.38. The van der Waals surface area contributed by atoms with Gasteiger partial charge in [-0.15, -0.1) is 0 Å². The normalized spacial score (nSPS) is 12.8. The number of carbonyl (C=O) groups excluding carboxylic acids is 1. The van der Waals surface area contributed by atoms with Crippen LogP contribution in [-0.2, 0) is 17.4 Å². The van der Waals surface area contributed by atoms with Crippen LogP contribution in [0.5, 0.6) is 0 Å². The lowest BCUT2D eigenvalue weighted by Crippen LogP contribution is -2.38. The molecule has 0 saturated heterocycles. The number of pyridine rings is 1. The lowest BCUT2D eigenvalue weighted by molar-refractivity contribution is -0.143. The highest BCUT2D eigenvalue weighted by Crippen LogP contribution is 2.38. The maximum absolute atomic E-state index is 13.8. The number of aromatic nitrogens is 1. The van der Waals surface area contributed by atoms with Gasteiger partial charge in [0.2, 0.25) is 5.91 Å². The van der Waals surface area contributed by atoms with Crippen LogP contribution in [-0.4, -0.2) is 16.9 Å². The Balaban J connectivity index is 2.30. The summed E-state index contributed by atoms with van der Waals surface area (Å²) in [6.45, 7) is 0. The minimum absolute atomic E-state index is 0.0732. The Morgan fingerprint density at radius 1 is 1.15 bits per heavy atom. The number of carbonyl (C=O) groups is 1. The molecule has 27 heavy (non-hydrogen) atoms. The zero-order valence-electron chi connectivity index (χ0n) is 13.0. The van der Waals surface area contributed by atoms with Crippen molar-refractivity contribution in [1.29, 1.82) is 0 Å². The maximum atomic E-state index is 13.8. The van der Waals surface area contributed by atoms with Crippen molar-refractivity contribution in [2.75, 3.05) is 5.32 Å². The van der Waals surface area contributed by atoms with Crippen molar-refractivity contribution >= 4 is 23.2 Å². The monoisotopic (exact) mass is 415 g/mol. The summed E-state index contributed by atoms with van der Waals surface area (Å²) in [5, 5.41) is 1.54. The molecule has 12 heteroatoms. The van der Waals surface area contributed by atoms with E-state index in [4.69, 9.17) is 17.3 Å². The van der Waals surface area contributed by atoms with Crippen LogP contribution < -0.4 is 11.1 Å². The van der Waals surface area contributed by atoms with Gasteiger partial charge >= 0.3 is 6.18 Å². The molecule has 0 radical (unpaired) electrons. The van der Waals surface area contributed by atoms with Gasteiger partial charge in [0.25, 0.3) is 0 Å². The molecule has 0 saturated carbocycles. The average Bonchev–Trinajstić information content (AvgIpc) is 2.55. The largest absolute Gasteiger partial charge is 0.422 e. The smallest absolute Gasteiger partial charge is 0.320 e. The SMILES string of the molecule is N[C@@H](Cc1ccnc(Cl)c1)C(=O)Nc1c(F)c(F)c(C(F)(F)F)c(F)c1F. The van der Waals surface area contributed by atoms with Gasteiger partial charge in [0, 0.05) is 6.20 Å². The van der Waals surface area contributed by atoms with E-state index >= 15 is 0 Å². The zero-order valence-corrected chi connectivity index (χ0v) is 13.7. The van der Waals surface area contributed by atoms with E-state index in [9.17, 15) is 35.5 Å². The second kappa shape index (κ2) is 7.69. The number of amides is 1. The molecule has 146 valence electrons. The molecule has 1 heterocycles. The van der Waals surface area contributed by atoms with Crippen molar-refractivity contribution in [3.05, 3.63) is 57.9 Å². The van der Waals surface area contributed by atoms with Crippen LogP contribution in [0.2, 0.25) is 5.15 Å². The number of nitrogens with zero attached hydrogens (tertiary/aromatic N) is 1. The lowest BCUT2D eigenvalue weighted by Gasteiger charge is -2.16. The van der Waals surface area contributed by atoms with E-state index in [1.54, 1.807) is 0 Å². The quantitative estimate of drug-likeness (QED) is 0.453. The first-order valence-corrected chi connectivity index (χ1v) is 7.41. The number of hydrogen-bond acceptors (Lipinski definition) is 3. The number of nitrogens with one attached hydrogen (secondary N) is 1. The van der Waals surface area contributed by atoms with Gasteiger partial charge in [-0.2, -0.15) is 13.2 Å². The molecule has 1 amide bonds. The van der Waals surface area contributed by atoms with Crippen molar-refractivity contribution in [2.24, 2.45) is 5.73 Å². The Bertz CT molecular complexity index is 859. The summed E-state index contributed by atoms with van der Waals surface area (Å²) in [7, 11) is 0. The van der Waals surface area contributed by atoms with E-state index in [0.717, 1.165) is 0 Å².